The summed E-state index contributed by atoms with van der Waals surface area (Å²) < 4.78 is 84.5. The predicted molar refractivity (Wildman–Crippen MR) is 271 cm³/mol. The highest BCUT2D eigenvalue weighted by Crippen LogP contribution is 2.39. The predicted octanol–water partition coefficient (Wildman–Crippen LogP) is 3.05. The first-order valence-corrected chi connectivity index (χ1v) is 27.7. The zero-order chi connectivity index (χ0) is 56.0. The molecule has 3 aliphatic heterocycles. The maximum Gasteiger partial charge on any atom is 0.311 e. The van der Waals surface area contributed by atoms with Gasteiger partial charge in [-0.05, 0) is 105 Å². The van der Waals surface area contributed by atoms with E-state index in [0.29, 0.717) is 37.2 Å². The molecule has 0 saturated carbocycles. The molecule has 0 spiro atoms. The molecular formula is C52H85FN6O15S. The van der Waals surface area contributed by atoms with E-state index in [0.717, 1.165) is 0 Å². The summed E-state index contributed by atoms with van der Waals surface area (Å²) in [5, 5.41) is 76.8. The molecule has 23 heteroatoms. The highest BCUT2D eigenvalue weighted by atomic mass is 32.2. The summed E-state index contributed by atoms with van der Waals surface area (Å²) in [7, 11) is 2.72. The number of aliphatic hydroxyl groups is 5. The third-order valence-electron chi connectivity index (χ3n) is 15.9. The zero-order valence-corrected chi connectivity index (χ0v) is 46.8. The molecule has 5 N–H and O–H groups in total. The van der Waals surface area contributed by atoms with Crippen LogP contribution in [0.1, 0.15) is 118 Å². The molecule has 4 heterocycles. The number of aliphatic hydroxyl groups excluding tert-OH is 3. The summed E-state index contributed by atoms with van der Waals surface area (Å²) >= 11 is 0. The summed E-state index contributed by atoms with van der Waals surface area (Å²) in [4.78, 5) is 18.2. The Morgan fingerprint density at radius 1 is 1.00 bits per heavy atom. The maximum absolute atomic E-state index is 14.8. The van der Waals surface area contributed by atoms with E-state index in [9.17, 15) is 43.1 Å². The van der Waals surface area contributed by atoms with Crippen molar-refractivity contribution in [3.8, 4) is 6.07 Å². The monoisotopic (exact) mass is 1080 g/mol. The van der Waals surface area contributed by atoms with Gasteiger partial charge in [0.15, 0.2) is 22.4 Å². The average Bonchev–Trinajstić information content (AvgIpc) is 3.83. The number of hydrogen-bond acceptors (Lipinski definition) is 20. The van der Waals surface area contributed by atoms with Gasteiger partial charge in [-0.15, -0.1) is 5.10 Å². The van der Waals surface area contributed by atoms with Crippen molar-refractivity contribution in [3.63, 3.8) is 0 Å². The van der Waals surface area contributed by atoms with Gasteiger partial charge >= 0.3 is 5.97 Å². The van der Waals surface area contributed by atoms with Crippen LogP contribution in [0.25, 0.3) is 0 Å². The molecule has 3 aliphatic rings. The molecule has 0 amide bonds. The lowest BCUT2D eigenvalue weighted by Gasteiger charge is -2.47. The molecule has 75 heavy (non-hydrogen) atoms. The molecule has 0 bridgehead atoms. The molecule has 426 valence electrons. The number of esters is 1. The number of ether oxygens (including phenoxy) is 7. The number of carbonyl (C=O) groups is 1. The van der Waals surface area contributed by atoms with Crippen LogP contribution in [-0.2, 0) is 54.2 Å². The third kappa shape index (κ3) is 14.9. The Bertz CT molecular complexity index is 2290. The minimum Gasteiger partial charge on any atom is -0.459 e. The van der Waals surface area contributed by atoms with Crippen LogP contribution >= 0.6 is 0 Å². The van der Waals surface area contributed by atoms with Crippen LogP contribution in [0.5, 0.6) is 0 Å². The van der Waals surface area contributed by atoms with E-state index in [1.165, 1.54) is 50.1 Å². The summed E-state index contributed by atoms with van der Waals surface area (Å²) in [5.74, 6) is -2.74. The number of rotatable bonds is 17. The van der Waals surface area contributed by atoms with Crippen molar-refractivity contribution in [1.82, 2.24) is 24.8 Å². The van der Waals surface area contributed by atoms with Crippen LogP contribution < -0.4 is 0 Å². The minimum absolute atomic E-state index is 0.0412. The molecule has 1 aromatic heterocycles. The van der Waals surface area contributed by atoms with Crippen LogP contribution in [0, 0.1) is 23.2 Å². The van der Waals surface area contributed by atoms with E-state index >= 15 is 0 Å². The molecule has 0 aliphatic carbocycles. The fourth-order valence-electron chi connectivity index (χ4n) is 11.0. The van der Waals surface area contributed by atoms with E-state index in [2.05, 4.69) is 10.3 Å². The number of nitriles is 1. The van der Waals surface area contributed by atoms with Gasteiger partial charge in [-0.2, -0.15) is 5.26 Å². The summed E-state index contributed by atoms with van der Waals surface area (Å²) in [6, 6.07) is 5.28. The molecule has 19 atom stereocenters. The SMILES string of the molecule is CC[C@H]1OC(=O)[C@H](C)[C@@H](O[C@H]2C[C@@](C)(OC)[C@@H](O)[C@H](C)O2)C[C@@H](O[C@@H]2O[C@H](C)C[C@H](N(C)CCc3cn([C@H](CF)[C@H](OC)c4ccc(S(=O)(=O)CC#N)cc4)nn3)[C@H]2O)[C@](C)(O)C[C@@H](C)CN(C)[C@H](C)[C@@H](O)[C@]1(C)O. The first kappa shape index (κ1) is 62.5. The van der Waals surface area contributed by atoms with Gasteiger partial charge in [0, 0.05) is 64.9 Å². The number of nitrogens with zero attached hydrogens (tertiary/aromatic N) is 6. The van der Waals surface area contributed by atoms with Gasteiger partial charge in [-0.25, -0.2) is 17.5 Å². The largest absolute Gasteiger partial charge is 0.459 e. The lowest BCUT2D eigenvalue weighted by molar-refractivity contribution is -0.308. The van der Waals surface area contributed by atoms with E-state index < -0.39 is 137 Å². The van der Waals surface area contributed by atoms with E-state index in [-0.39, 0.29) is 36.5 Å². The standard InChI is InChI=1S/C52H85FN6O15S/c1-14-41-52(9,65)46(61)33(5)58(11)28-30(2)25-50(7,64)42(24-40(32(4)48(63)73-41)72-43-26-51(8,69-13)47(62)34(6)71-43)74-49-44(60)38(23-31(3)70-49)57(10)21-19-36-29-59(56-55-36)39(27-53)45(68-12)35-15-17-37(18-16-35)75(66,67)22-20-54/h15-18,29-34,38-47,49,60-62,64-65H,14,19,21-28H2,1-13H3/t30-,31-,32-,33-,34+,38+,39-,40+,41-,42-,43+,44-,45-,46-,47+,49+,50-,51-,52-/m1/s1. The summed E-state index contributed by atoms with van der Waals surface area (Å²) in [6.07, 6.45) is -8.74. The van der Waals surface area contributed by atoms with Crippen molar-refractivity contribution < 1.29 is 76.3 Å². The second kappa shape index (κ2) is 26.1. The normalized spacial score (nSPS) is 38.0. The van der Waals surface area contributed by atoms with E-state index in [1.807, 2.05) is 30.7 Å². The Hall–Kier alpha value is -3.32. The number of cyclic esters (lactones) is 1. The van der Waals surface area contributed by atoms with Crippen molar-refractivity contribution in [3.05, 3.63) is 41.7 Å². The number of benzene rings is 1. The number of hydrogen-bond donors (Lipinski definition) is 5. The zero-order valence-electron chi connectivity index (χ0n) is 46.0. The number of likely N-dealkylation sites (N-methyl/N-ethyl adjacent to an activating group) is 2. The Morgan fingerprint density at radius 3 is 2.27 bits per heavy atom. The number of alkyl halides is 1. The molecule has 0 radical (unpaired) electrons. The van der Waals surface area contributed by atoms with Gasteiger partial charge in [0.2, 0.25) is 0 Å². The molecule has 0 unspecified atom stereocenters. The first-order chi connectivity index (χ1) is 35.1. The molecule has 1 aromatic carbocycles. The van der Waals surface area contributed by atoms with Crippen LogP contribution in [0.15, 0.2) is 35.4 Å². The van der Waals surface area contributed by atoms with Gasteiger partial charge in [0.25, 0.3) is 0 Å². The highest BCUT2D eigenvalue weighted by Gasteiger charge is 2.51. The van der Waals surface area contributed by atoms with Gasteiger partial charge in [0.1, 0.15) is 54.6 Å². The van der Waals surface area contributed by atoms with Crippen LogP contribution in [0.3, 0.4) is 0 Å². The molecule has 21 nitrogen and oxygen atoms in total. The third-order valence-corrected chi connectivity index (χ3v) is 17.4. The van der Waals surface area contributed by atoms with Crippen LogP contribution in [-0.4, -0.2) is 209 Å². The first-order valence-electron chi connectivity index (χ1n) is 26.0. The molecule has 3 fully saturated rings. The molecule has 5 rings (SSSR count). The van der Waals surface area contributed by atoms with Crippen molar-refractivity contribution in [2.24, 2.45) is 11.8 Å². The summed E-state index contributed by atoms with van der Waals surface area (Å²) in [5.41, 5.74) is -3.60. The Kier molecular flexibility index (Phi) is 21.8. The Labute approximate surface area is 442 Å². The number of sulfone groups is 1. The molecule has 2 aromatic rings. The topological polar surface area (TPSA) is 278 Å². The molecular weight excluding hydrogens is 1000 g/mol. The van der Waals surface area contributed by atoms with Gasteiger partial charge < -0.3 is 68.5 Å². The van der Waals surface area contributed by atoms with Crippen molar-refractivity contribution in [2.75, 3.05) is 53.8 Å². The number of halogens is 1. The maximum atomic E-state index is 14.8. The second-order valence-electron chi connectivity index (χ2n) is 22.0. The van der Waals surface area contributed by atoms with E-state index in [4.69, 9.17) is 38.4 Å². The highest BCUT2D eigenvalue weighted by molar-refractivity contribution is 7.91. The molecule has 3 saturated heterocycles. The lowest BCUT2D eigenvalue weighted by Crippen LogP contribution is -2.59. The summed E-state index contributed by atoms with van der Waals surface area (Å²) in [6.45, 7) is 15.3. The number of methoxy groups -OCH3 is 2. The lowest BCUT2D eigenvalue weighted by atomic mass is 9.83. The second-order valence-corrected chi connectivity index (χ2v) is 24.0. The van der Waals surface area contributed by atoms with Crippen molar-refractivity contribution in [1.29, 1.82) is 5.26 Å². The van der Waals surface area contributed by atoms with Crippen LogP contribution in [0.4, 0.5) is 4.39 Å². The fourth-order valence-corrected chi connectivity index (χ4v) is 11.8. The average molecular weight is 1090 g/mol. The fraction of sp³-hybridized carbons (Fsp3) is 0.808. The Morgan fingerprint density at radius 2 is 1.67 bits per heavy atom. The number of aromatic nitrogens is 3. The van der Waals surface area contributed by atoms with Crippen molar-refractivity contribution in [2.45, 2.75) is 208 Å². The van der Waals surface area contributed by atoms with Gasteiger partial charge in [-0.1, -0.05) is 31.2 Å². The van der Waals surface area contributed by atoms with Gasteiger partial charge in [-0.3, -0.25) is 4.79 Å². The minimum atomic E-state index is -3.81. The smallest absolute Gasteiger partial charge is 0.311 e. The number of carbonyl (C=O) groups excluding carboxylic acids is 1. The van der Waals surface area contributed by atoms with E-state index in [1.54, 1.807) is 60.9 Å². The quantitative estimate of drug-likeness (QED) is 0.142. The van der Waals surface area contributed by atoms with Gasteiger partial charge in [0.05, 0.1) is 58.2 Å². The van der Waals surface area contributed by atoms with Crippen LogP contribution in [0.2, 0.25) is 0 Å². The van der Waals surface area contributed by atoms with Crippen molar-refractivity contribution >= 4 is 15.8 Å². The Balaban J connectivity index is 1.41.